The van der Waals surface area contributed by atoms with Gasteiger partial charge in [0.2, 0.25) is 11.2 Å². The quantitative estimate of drug-likeness (QED) is 0.786. The number of aromatic nitrogens is 2. The molecule has 0 aliphatic heterocycles. The van der Waals surface area contributed by atoms with E-state index in [0.29, 0.717) is 19.1 Å². The van der Waals surface area contributed by atoms with Gasteiger partial charge in [0.1, 0.15) is 12.4 Å². The molecular weight excluding hydrogens is 264 g/mol. The molecule has 100 valence electrons. The molecule has 1 aromatic carbocycles. The summed E-state index contributed by atoms with van der Waals surface area (Å²) in [7, 11) is 0. The summed E-state index contributed by atoms with van der Waals surface area (Å²) in [6.07, 6.45) is 0. The molecule has 0 aliphatic carbocycles. The van der Waals surface area contributed by atoms with Crippen molar-refractivity contribution < 1.29 is 9.47 Å². The molecule has 0 bridgehead atoms. The highest BCUT2D eigenvalue weighted by atomic mass is 35.5. The summed E-state index contributed by atoms with van der Waals surface area (Å²) >= 11 is 5.77. The molecule has 2 aromatic rings. The normalized spacial score (nSPS) is 10.3. The van der Waals surface area contributed by atoms with Crippen molar-refractivity contribution in [3.63, 3.8) is 0 Å². The van der Waals surface area contributed by atoms with Crippen LogP contribution in [-0.2, 0) is 6.61 Å². The molecule has 0 amide bonds. The van der Waals surface area contributed by atoms with E-state index in [9.17, 15) is 0 Å². The van der Waals surface area contributed by atoms with E-state index < -0.39 is 0 Å². The Morgan fingerprint density at radius 1 is 1.11 bits per heavy atom. The van der Waals surface area contributed by atoms with Crippen molar-refractivity contribution in [3.8, 4) is 11.6 Å². The van der Waals surface area contributed by atoms with Crippen LogP contribution in [-0.4, -0.2) is 16.6 Å². The second kappa shape index (κ2) is 6.38. The summed E-state index contributed by atoms with van der Waals surface area (Å²) in [5, 5.41) is 0.196. The average molecular weight is 279 g/mol. The van der Waals surface area contributed by atoms with Crippen LogP contribution in [0.25, 0.3) is 0 Å². The van der Waals surface area contributed by atoms with Crippen molar-refractivity contribution in [2.45, 2.75) is 20.5 Å². The lowest BCUT2D eigenvalue weighted by atomic mass is 10.2. The van der Waals surface area contributed by atoms with Gasteiger partial charge in [0, 0.05) is 11.8 Å². The second-order valence-electron chi connectivity index (χ2n) is 3.98. The highest BCUT2D eigenvalue weighted by molar-refractivity contribution is 6.28. The fourth-order valence-corrected chi connectivity index (χ4v) is 1.80. The van der Waals surface area contributed by atoms with Gasteiger partial charge in [-0.15, -0.1) is 0 Å². The minimum atomic E-state index is 0.196. The fraction of sp³-hybridized carbons (Fsp3) is 0.286. The van der Waals surface area contributed by atoms with Gasteiger partial charge in [-0.25, -0.2) is 4.98 Å². The third kappa shape index (κ3) is 4.10. The van der Waals surface area contributed by atoms with Gasteiger partial charge in [0.15, 0.2) is 0 Å². The largest absolute Gasteiger partial charge is 0.494 e. The number of aryl methyl sites for hydroxylation is 1. The highest BCUT2D eigenvalue weighted by Gasteiger charge is 2.02. The van der Waals surface area contributed by atoms with Crippen molar-refractivity contribution in [2.24, 2.45) is 0 Å². The molecule has 0 saturated heterocycles. The third-order valence-electron chi connectivity index (χ3n) is 2.42. The van der Waals surface area contributed by atoms with Gasteiger partial charge < -0.3 is 9.47 Å². The maximum Gasteiger partial charge on any atom is 0.225 e. The van der Waals surface area contributed by atoms with Crippen LogP contribution < -0.4 is 9.47 Å². The molecule has 0 spiro atoms. The van der Waals surface area contributed by atoms with E-state index >= 15 is 0 Å². The van der Waals surface area contributed by atoms with E-state index in [1.54, 1.807) is 6.07 Å². The first kappa shape index (κ1) is 13.6. The van der Waals surface area contributed by atoms with Crippen LogP contribution in [0.4, 0.5) is 0 Å². The van der Waals surface area contributed by atoms with E-state index in [1.807, 2.05) is 38.1 Å². The Labute approximate surface area is 117 Å². The van der Waals surface area contributed by atoms with Crippen LogP contribution in [0.2, 0.25) is 5.28 Å². The number of ether oxygens (including phenoxy) is 2. The lowest BCUT2D eigenvalue weighted by molar-refractivity contribution is 0.292. The van der Waals surface area contributed by atoms with Crippen LogP contribution in [0.3, 0.4) is 0 Å². The molecule has 19 heavy (non-hydrogen) atoms. The maximum atomic E-state index is 5.77. The minimum Gasteiger partial charge on any atom is -0.494 e. The molecule has 0 saturated carbocycles. The highest BCUT2D eigenvalue weighted by Crippen LogP contribution is 2.16. The van der Waals surface area contributed by atoms with Crippen molar-refractivity contribution in [1.82, 2.24) is 9.97 Å². The van der Waals surface area contributed by atoms with Crippen molar-refractivity contribution in [3.05, 3.63) is 46.9 Å². The van der Waals surface area contributed by atoms with Crippen LogP contribution in [0.15, 0.2) is 30.3 Å². The summed E-state index contributed by atoms with van der Waals surface area (Å²) < 4.78 is 11.0. The first-order chi connectivity index (χ1) is 9.17. The Hall–Kier alpha value is -1.81. The zero-order chi connectivity index (χ0) is 13.7. The smallest absolute Gasteiger partial charge is 0.225 e. The first-order valence-corrected chi connectivity index (χ1v) is 6.41. The molecule has 0 unspecified atom stereocenters. The molecule has 0 aliphatic rings. The number of nitrogens with zero attached hydrogens (tertiary/aromatic N) is 2. The van der Waals surface area contributed by atoms with E-state index in [-0.39, 0.29) is 5.28 Å². The van der Waals surface area contributed by atoms with E-state index in [1.165, 1.54) is 0 Å². The first-order valence-electron chi connectivity index (χ1n) is 6.03. The van der Waals surface area contributed by atoms with Gasteiger partial charge in [0.05, 0.1) is 6.61 Å². The Morgan fingerprint density at radius 2 is 1.84 bits per heavy atom. The predicted octanol–water partition coefficient (Wildman–Crippen LogP) is 3.42. The molecule has 5 heteroatoms. The summed E-state index contributed by atoms with van der Waals surface area (Å²) in [5.41, 5.74) is 1.82. The maximum absolute atomic E-state index is 5.77. The lowest BCUT2D eigenvalue weighted by Crippen LogP contribution is -1.99. The standard InChI is InChI=1S/C14H15ClN2O2/c1-3-18-12-6-4-11(5-7-12)9-19-13-8-10(2)16-14(15)17-13/h4-8H,3,9H2,1-2H3. The summed E-state index contributed by atoms with van der Waals surface area (Å²) in [4.78, 5) is 7.98. The number of rotatable bonds is 5. The number of halogens is 1. The van der Waals surface area contributed by atoms with Crippen molar-refractivity contribution in [2.75, 3.05) is 6.61 Å². The summed E-state index contributed by atoms with van der Waals surface area (Å²) in [6, 6.07) is 9.50. The SMILES string of the molecule is CCOc1ccc(COc2cc(C)nc(Cl)n2)cc1. The van der Waals surface area contributed by atoms with Crippen LogP contribution >= 0.6 is 11.6 Å². The fourth-order valence-electron chi connectivity index (χ4n) is 1.58. The predicted molar refractivity (Wildman–Crippen MR) is 73.7 cm³/mol. The molecule has 0 fully saturated rings. The Morgan fingerprint density at radius 3 is 2.47 bits per heavy atom. The average Bonchev–Trinajstić information content (AvgIpc) is 2.37. The Bertz CT molecular complexity index is 523. The van der Waals surface area contributed by atoms with Gasteiger partial charge in [-0.05, 0) is 43.1 Å². The molecular formula is C14H15ClN2O2. The van der Waals surface area contributed by atoms with Gasteiger partial charge in [-0.3, -0.25) is 0 Å². The van der Waals surface area contributed by atoms with Crippen LogP contribution in [0.1, 0.15) is 18.2 Å². The third-order valence-corrected chi connectivity index (χ3v) is 2.59. The van der Waals surface area contributed by atoms with E-state index in [0.717, 1.165) is 17.0 Å². The van der Waals surface area contributed by atoms with Crippen LogP contribution in [0, 0.1) is 6.92 Å². The zero-order valence-corrected chi connectivity index (χ0v) is 11.6. The monoisotopic (exact) mass is 278 g/mol. The summed E-state index contributed by atoms with van der Waals surface area (Å²) in [5.74, 6) is 1.33. The lowest BCUT2D eigenvalue weighted by Gasteiger charge is -2.07. The Kier molecular flexibility index (Phi) is 4.58. The number of hydrogen-bond donors (Lipinski definition) is 0. The molecule has 0 radical (unpaired) electrons. The minimum absolute atomic E-state index is 0.196. The second-order valence-corrected chi connectivity index (χ2v) is 4.32. The Balaban J connectivity index is 1.98. The molecule has 1 aromatic heterocycles. The molecule has 2 rings (SSSR count). The van der Waals surface area contributed by atoms with Gasteiger partial charge in [-0.1, -0.05) is 12.1 Å². The van der Waals surface area contributed by atoms with Crippen molar-refractivity contribution in [1.29, 1.82) is 0 Å². The molecule has 0 atom stereocenters. The topological polar surface area (TPSA) is 44.2 Å². The zero-order valence-electron chi connectivity index (χ0n) is 10.9. The molecule has 4 nitrogen and oxygen atoms in total. The van der Waals surface area contributed by atoms with E-state index in [2.05, 4.69) is 9.97 Å². The van der Waals surface area contributed by atoms with Gasteiger partial charge in [-0.2, -0.15) is 4.98 Å². The van der Waals surface area contributed by atoms with Gasteiger partial charge in [0.25, 0.3) is 0 Å². The van der Waals surface area contributed by atoms with Crippen molar-refractivity contribution >= 4 is 11.6 Å². The summed E-state index contributed by atoms with van der Waals surface area (Å²) in [6.45, 7) is 4.89. The van der Waals surface area contributed by atoms with Gasteiger partial charge >= 0.3 is 0 Å². The van der Waals surface area contributed by atoms with E-state index in [4.69, 9.17) is 21.1 Å². The molecule has 0 N–H and O–H groups in total. The van der Waals surface area contributed by atoms with Crippen LogP contribution in [0.5, 0.6) is 11.6 Å². The number of hydrogen-bond acceptors (Lipinski definition) is 4. The molecule has 1 heterocycles. The number of benzene rings is 1.